The average molecular weight is 358 g/mol. The maximum absolute atomic E-state index is 12.9. The Balaban J connectivity index is 1.88. The molecule has 0 aromatic heterocycles. The van der Waals surface area contributed by atoms with Crippen LogP contribution in [-0.2, 0) is 19.1 Å². The van der Waals surface area contributed by atoms with Gasteiger partial charge < -0.3 is 9.47 Å². The molecule has 1 saturated carbocycles. The quantitative estimate of drug-likeness (QED) is 0.543. The van der Waals surface area contributed by atoms with Crippen molar-refractivity contribution < 1.29 is 19.1 Å². The summed E-state index contributed by atoms with van der Waals surface area (Å²) >= 11 is 0. The van der Waals surface area contributed by atoms with Crippen LogP contribution in [-0.4, -0.2) is 25.2 Å². The number of hydrogen-bond acceptors (Lipinski definition) is 4. The zero-order valence-electron chi connectivity index (χ0n) is 16.1. The lowest BCUT2D eigenvalue weighted by Gasteiger charge is -2.69. The Labute approximate surface area is 156 Å². The van der Waals surface area contributed by atoms with Gasteiger partial charge in [-0.25, -0.2) is 9.59 Å². The van der Waals surface area contributed by atoms with E-state index < -0.39 is 0 Å². The first-order valence-electron chi connectivity index (χ1n) is 10.5. The Bertz CT molecular complexity index is 645. The van der Waals surface area contributed by atoms with Gasteiger partial charge in [-0.05, 0) is 52.4 Å². The first kappa shape index (κ1) is 17.8. The summed E-state index contributed by atoms with van der Waals surface area (Å²) in [6.45, 7) is 4.34. The molecule has 2 atom stereocenters. The molecule has 0 aromatic carbocycles. The molecule has 4 rings (SSSR count). The predicted octanol–water partition coefficient (Wildman–Crippen LogP) is 4.63. The normalized spacial score (nSPS) is 32.8. The second-order valence-corrected chi connectivity index (χ2v) is 8.08. The van der Waals surface area contributed by atoms with Crippen molar-refractivity contribution >= 4 is 11.9 Å². The van der Waals surface area contributed by atoms with Crippen molar-refractivity contribution in [3.05, 3.63) is 22.3 Å². The van der Waals surface area contributed by atoms with Crippen molar-refractivity contribution in [2.45, 2.75) is 78.1 Å². The van der Waals surface area contributed by atoms with Crippen LogP contribution in [0.2, 0.25) is 0 Å². The van der Waals surface area contributed by atoms with Crippen LogP contribution in [0.25, 0.3) is 0 Å². The van der Waals surface area contributed by atoms with Crippen LogP contribution in [0.3, 0.4) is 0 Å². The molecule has 0 amide bonds. The largest absolute Gasteiger partial charge is 0.463 e. The smallest absolute Gasteiger partial charge is 0.335 e. The maximum atomic E-state index is 12.9. The molecule has 0 aliphatic heterocycles. The minimum Gasteiger partial charge on any atom is -0.463 e. The van der Waals surface area contributed by atoms with Gasteiger partial charge in [0, 0.05) is 10.8 Å². The first-order valence-corrected chi connectivity index (χ1v) is 10.5. The van der Waals surface area contributed by atoms with Crippen LogP contribution in [0, 0.1) is 10.8 Å². The van der Waals surface area contributed by atoms with E-state index in [0.717, 1.165) is 38.5 Å². The molecule has 0 aromatic rings. The number of esters is 2. The molecule has 4 aliphatic rings. The molecule has 0 N–H and O–H groups in total. The highest BCUT2D eigenvalue weighted by atomic mass is 16.5. The fourth-order valence-corrected chi connectivity index (χ4v) is 6.46. The molecule has 4 aliphatic carbocycles. The van der Waals surface area contributed by atoms with E-state index in [1.807, 2.05) is 13.8 Å². The SMILES string of the molecule is CCOC(=O)C1=C(C(=O)OCC)[C@]23CCCCC[C@]12C1=C3CCCCC1. The van der Waals surface area contributed by atoms with Crippen molar-refractivity contribution in [1.82, 2.24) is 0 Å². The Morgan fingerprint density at radius 2 is 1.15 bits per heavy atom. The van der Waals surface area contributed by atoms with E-state index in [9.17, 15) is 9.59 Å². The van der Waals surface area contributed by atoms with Crippen LogP contribution in [0.4, 0.5) is 0 Å². The van der Waals surface area contributed by atoms with Gasteiger partial charge in [0.25, 0.3) is 0 Å². The summed E-state index contributed by atoms with van der Waals surface area (Å²) in [5.74, 6) is -0.576. The van der Waals surface area contributed by atoms with Crippen molar-refractivity contribution in [1.29, 1.82) is 0 Å². The monoisotopic (exact) mass is 358 g/mol. The Kier molecular flexibility index (Phi) is 4.48. The number of carbonyl (C=O) groups excluding carboxylic acids is 2. The summed E-state index contributed by atoms with van der Waals surface area (Å²) in [6.07, 6.45) is 11.2. The zero-order chi connectivity index (χ0) is 18.4. The molecule has 4 heteroatoms. The van der Waals surface area contributed by atoms with Gasteiger partial charge in [0.05, 0.1) is 24.4 Å². The molecular weight excluding hydrogens is 328 g/mol. The summed E-state index contributed by atoms with van der Waals surface area (Å²) in [5.41, 5.74) is 3.82. The van der Waals surface area contributed by atoms with E-state index in [2.05, 4.69) is 0 Å². The van der Waals surface area contributed by atoms with Gasteiger partial charge in [-0.1, -0.05) is 36.8 Å². The van der Waals surface area contributed by atoms with Gasteiger partial charge in [0.2, 0.25) is 0 Å². The third-order valence-corrected chi connectivity index (χ3v) is 7.14. The van der Waals surface area contributed by atoms with Crippen LogP contribution in [0.1, 0.15) is 78.1 Å². The molecule has 0 saturated heterocycles. The number of rotatable bonds is 4. The lowest BCUT2D eigenvalue weighted by Crippen LogP contribution is -2.66. The maximum Gasteiger partial charge on any atom is 0.335 e. The van der Waals surface area contributed by atoms with E-state index >= 15 is 0 Å². The fourth-order valence-electron chi connectivity index (χ4n) is 6.46. The summed E-state index contributed by atoms with van der Waals surface area (Å²) < 4.78 is 10.8. The molecule has 0 unspecified atom stereocenters. The highest BCUT2D eigenvalue weighted by Crippen LogP contribution is 2.81. The van der Waals surface area contributed by atoms with E-state index in [0.29, 0.717) is 24.4 Å². The molecule has 4 nitrogen and oxygen atoms in total. The van der Waals surface area contributed by atoms with Gasteiger partial charge in [0.15, 0.2) is 0 Å². The molecular formula is C22H30O4. The van der Waals surface area contributed by atoms with E-state index in [4.69, 9.17) is 9.47 Å². The highest BCUT2D eigenvalue weighted by molar-refractivity contribution is 6.09. The highest BCUT2D eigenvalue weighted by Gasteiger charge is 2.76. The summed E-state index contributed by atoms with van der Waals surface area (Å²) in [7, 11) is 0. The average Bonchev–Trinajstić information content (AvgIpc) is 2.89. The van der Waals surface area contributed by atoms with E-state index in [-0.39, 0.29) is 22.8 Å². The van der Waals surface area contributed by atoms with Crippen LogP contribution in [0.5, 0.6) is 0 Å². The van der Waals surface area contributed by atoms with Gasteiger partial charge in [-0.15, -0.1) is 0 Å². The van der Waals surface area contributed by atoms with Crippen molar-refractivity contribution in [2.24, 2.45) is 10.8 Å². The lowest BCUT2D eigenvalue weighted by molar-refractivity contribution is -0.150. The molecule has 1 fully saturated rings. The second-order valence-electron chi connectivity index (χ2n) is 8.08. The number of hydrogen-bond donors (Lipinski definition) is 0. The summed E-state index contributed by atoms with van der Waals surface area (Å²) in [4.78, 5) is 25.9. The first-order chi connectivity index (χ1) is 12.6. The third kappa shape index (κ3) is 2.02. The van der Waals surface area contributed by atoms with E-state index in [1.54, 1.807) is 0 Å². The number of ether oxygens (including phenoxy) is 2. The van der Waals surface area contributed by atoms with Crippen molar-refractivity contribution in [3.8, 4) is 0 Å². The minimum absolute atomic E-state index is 0.225. The fraction of sp³-hybridized carbons (Fsp3) is 0.727. The van der Waals surface area contributed by atoms with Gasteiger partial charge in [0.1, 0.15) is 0 Å². The molecule has 0 bridgehead atoms. The molecule has 0 spiro atoms. The van der Waals surface area contributed by atoms with Crippen molar-refractivity contribution in [3.63, 3.8) is 0 Å². The predicted molar refractivity (Wildman–Crippen MR) is 98.4 cm³/mol. The number of allylic oxidation sites excluding steroid dienone is 2. The molecule has 142 valence electrons. The topological polar surface area (TPSA) is 52.6 Å². The van der Waals surface area contributed by atoms with Crippen LogP contribution >= 0.6 is 0 Å². The van der Waals surface area contributed by atoms with E-state index in [1.165, 1.54) is 36.8 Å². The number of carbonyl (C=O) groups is 2. The summed E-state index contributed by atoms with van der Waals surface area (Å²) in [6, 6.07) is 0. The zero-order valence-corrected chi connectivity index (χ0v) is 16.1. The third-order valence-electron chi connectivity index (χ3n) is 7.14. The Hall–Kier alpha value is -1.58. The molecule has 0 radical (unpaired) electrons. The molecule has 26 heavy (non-hydrogen) atoms. The summed E-state index contributed by atoms with van der Waals surface area (Å²) in [5, 5.41) is 0. The van der Waals surface area contributed by atoms with Gasteiger partial charge >= 0.3 is 11.9 Å². The van der Waals surface area contributed by atoms with Gasteiger partial charge in [-0.3, -0.25) is 0 Å². The lowest BCUT2D eigenvalue weighted by atomic mass is 9.31. The van der Waals surface area contributed by atoms with Crippen molar-refractivity contribution in [2.75, 3.05) is 13.2 Å². The Morgan fingerprint density at radius 3 is 1.58 bits per heavy atom. The van der Waals surface area contributed by atoms with Crippen LogP contribution < -0.4 is 0 Å². The standard InChI is InChI=1S/C22H30O4/c1-3-25-19(23)17-18(20(24)26-4-2)22-14-10-6-9-13-21(17,22)15-11-7-5-8-12-16(15)22/h3-14H2,1-2H3/t21-,22+. The second kappa shape index (κ2) is 6.54. The molecule has 0 heterocycles. The minimum atomic E-state index is -0.288. The van der Waals surface area contributed by atoms with Gasteiger partial charge in [-0.2, -0.15) is 0 Å². The Morgan fingerprint density at radius 1 is 0.731 bits per heavy atom. The van der Waals surface area contributed by atoms with Crippen LogP contribution in [0.15, 0.2) is 22.3 Å².